The minimum absolute atomic E-state index is 0.0963. The van der Waals surface area contributed by atoms with E-state index in [-0.39, 0.29) is 6.42 Å². The first-order chi connectivity index (χ1) is 10.1. The Kier molecular flexibility index (Phi) is 4.64. The molecule has 0 spiro atoms. The summed E-state index contributed by atoms with van der Waals surface area (Å²) < 4.78 is 15.8. The summed E-state index contributed by atoms with van der Waals surface area (Å²) in [6.45, 7) is 0. The zero-order chi connectivity index (χ0) is 15.4. The van der Waals surface area contributed by atoms with Gasteiger partial charge in [-0.3, -0.25) is 4.79 Å². The Bertz CT molecular complexity index is 628. The second-order valence-electron chi connectivity index (χ2n) is 4.13. The maximum Gasteiger partial charge on any atom is 0.309 e. The smallest absolute Gasteiger partial charge is 0.309 e. The van der Waals surface area contributed by atoms with E-state index in [0.717, 1.165) is 5.56 Å². The summed E-state index contributed by atoms with van der Waals surface area (Å²) in [7, 11) is 4.62. The molecule has 0 aliphatic carbocycles. The lowest BCUT2D eigenvalue weighted by atomic mass is 10.2. The van der Waals surface area contributed by atoms with Gasteiger partial charge in [0.1, 0.15) is 5.01 Å². The molecule has 0 atom stereocenters. The predicted octanol–water partition coefficient (Wildman–Crippen LogP) is 2.46. The van der Waals surface area contributed by atoms with Crippen LogP contribution in [0.25, 0.3) is 10.6 Å². The van der Waals surface area contributed by atoms with Crippen molar-refractivity contribution in [2.45, 2.75) is 6.42 Å². The number of benzene rings is 1. The second kappa shape index (κ2) is 6.45. The molecule has 0 radical (unpaired) electrons. The number of ether oxygens (including phenoxy) is 3. The lowest BCUT2D eigenvalue weighted by Gasteiger charge is -2.13. The molecule has 21 heavy (non-hydrogen) atoms. The molecule has 1 aromatic carbocycles. The summed E-state index contributed by atoms with van der Waals surface area (Å²) in [5.41, 5.74) is 1.31. The van der Waals surface area contributed by atoms with Crippen molar-refractivity contribution in [2.75, 3.05) is 21.3 Å². The molecular weight excluding hydrogens is 294 g/mol. The molecule has 0 aliphatic heterocycles. The maximum atomic E-state index is 10.7. The Morgan fingerprint density at radius 2 is 1.81 bits per heavy atom. The predicted molar refractivity (Wildman–Crippen MR) is 78.5 cm³/mol. The van der Waals surface area contributed by atoms with Crippen LogP contribution in [-0.4, -0.2) is 37.4 Å². The van der Waals surface area contributed by atoms with Crippen LogP contribution in [0, 0.1) is 0 Å². The van der Waals surface area contributed by atoms with Gasteiger partial charge >= 0.3 is 5.97 Å². The van der Waals surface area contributed by atoms with Crippen molar-refractivity contribution in [3.8, 4) is 27.8 Å². The van der Waals surface area contributed by atoms with Crippen molar-refractivity contribution < 1.29 is 24.1 Å². The Labute approximate surface area is 125 Å². The highest BCUT2D eigenvalue weighted by molar-refractivity contribution is 7.13. The van der Waals surface area contributed by atoms with Crippen LogP contribution in [0.2, 0.25) is 0 Å². The first kappa shape index (κ1) is 15.1. The number of aliphatic carboxylic acids is 1. The van der Waals surface area contributed by atoms with Crippen LogP contribution in [0.1, 0.15) is 5.69 Å². The molecule has 2 aromatic rings. The molecule has 0 amide bonds. The van der Waals surface area contributed by atoms with Gasteiger partial charge in [-0.05, 0) is 12.1 Å². The van der Waals surface area contributed by atoms with Crippen LogP contribution in [0.15, 0.2) is 17.5 Å². The van der Waals surface area contributed by atoms with Gasteiger partial charge in [0.2, 0.25) is 5.75 Å². The topological polar surface area (TPSA) is 77.9 Å². The molecule has 0 saturated carbocycles. The van der Waals surface area contributed by atoms with E-state index >= 15 is 0 Å². The van der Waals surface area contributed by atoms with E-state index in [1.165, 1.54) is 18.4 Å². The second-order valence-corrected chi connectivity index (χ2v) is 4.99. The fourth-order valence-electron chi connectivity index (χ4n) is 1.88. The highest BCUT2D eigenvalue weighted by Crippen LogP contribution is 2.41. The maximum absolute atomic E-state index is 10.7. The normalized spacial score (nSPS) is 10.2. The molecule has 0 fully saturated rings. The molecular formula is C14H15NO5S. The molecule has 0 saturated heterocycles. The minimum atomic E-state index is -0.906. The molecule has 1 aromatic heterocycles. The average Bonchev–Trinajstić information content (AvgIpc) is 2.93. The van der Waals surface area contributed by atoms with E-state index in [0.29, 0.717) is 28.0 Å². The van der Waals surface area contributed by atoms with Gasteiger partial charge in [0.15, 0.2) is 11.5 Å². The van der Waals surface area contributed by atoms with Crippen LogP contribution in [0.3, 0.4) is 0 Å². The molecule has 0 unspecified atom stereocenters. The Balaban J connectivity index is 2.44. The van der Waals surface area contributed by atoms with Crippen molar-refractivity contribution in [1.82, 2.24) is 4.98 Å². The molecule has 7 heteroatoms. The number of thiazole rings is 1. The largest absolute Gasteiger partial charge is 0.493 e. The number of carboxylic acid groups (broad SMARTS) is 1. The molecule has 112 valence electrons. The number of hydrogen-bond donors (Lipinski definition) is 1. The van der Waals surface area contributed by atoms with Crippen molar-refractivity contribution in [2.24, 2.45) is 0 Å². The van der Waals surface area contributed by atoms with Gasteiger partial charge in [-0.2, -0.15) is 0 Å². The van der Waals surface area contributed by atoms with Gasteiger partial charge in [-0.25, -0.2) is 4.98 Å². The number of methoxy groups -OCH3 is 3. The number of hydrogen-bond acceptors (Lipinski definition) is 6. The lowest BCUT2D eigenvalue weighted by molar-refractivity contribution is -0.136. The van der Waals surface area contributed by atoms with E-state index in [9.17, 15) is 4.79 Å². The zero-order valence-electron chi connectivity index (χ0n) is 11.9. The van der Waals surface area contributed by atoms with E-state index in [2.05, 4.69) is 4.98 Å². The SMILES string of the molecule is COc1cc(-c2nc(CC(=O)O)cs2)cc(OC)c1OC. The number of aromatic nitrogens is 1. The molecule has 0 aliphatic rings. The van der Waals surface area contributed by atoms with Crippen LogP contribution in [-0.2, 0) is 11.2 Å². The van der Waals surface area contributed by atoms with Crippen molar-refractivity contribution in [3.63, 3.8) is 0 Å². The molecule has 6 nitrogen and oxygen atoms in total. The summed E-state index contributed by atoms with van der Waals surface area (Å²) in [6.07, 6.45) is -0.0963. The van der Waals surface area contributed by atoms with Gasteiger partial charge in [-0.1, -0.05) is 0 Å². The van der Waals surface area contributed by atoms with Crippen molar-refractivity contribution >= 4 is 17.3 Å². The summed E-state index contributed by atoms with van der Waals surface area (Å²) in [6, 6.07) is 3.56. The molecule has 1 heterocycles. The van der Waals surface area contributed by atoms with Gasteiger partial charge < -0.3 is 19.3 Å². The average molecular weight is 309 g/mol. The van der Waals surface area contributed by atoms with Crippen molar-refractivity contribution in [3.05, 3.63) is 23.2 Å². The highest BCUT2D eigenvalue weighted by atomic mass is 32.1. The summed E-state index contributed by atoms with van der Waals surface area (Å²) in [5.74, 6) is 0.659. The highest BCUT2D eigenvalue weighted by Gasteiger charge is 2.16. The fourth-order valence-corrected chi connectivity index (χ4v) is 2.69. The summed E-state index contributed by atoms with van der Waals surface area (Å²) >= 11 is 1.37. The van der Waals surface area contributed by atoms with Crippen molar-refractivity contribution in [1.29, 1.82) is 0 Å². The standard InChI is InChI=1S/C14H15NO5S/c1-18-10-4-8(5-11(19-2)13(10)20-3)14-15-9(7-21-14)6-12(16)17/h4-5,7H,6H2,1-3H3,(H,16,17). The number of carboxylic acids is 1. The quantitative estimate of drug-likeness (QED) is 0.883. The van der Waals surface area contributed by atoms with Crippen LogP contribution in [0.4, 0.5) is 0 Å². The van der Waals surface area contributed by atoms with Gasteiger partial charge in [-0.15, -0.1) is 11.3 Å². The zero-order valence-corrected chi connectivity index (χ0v) is 12.7. The summed E-state index contributed by atoms with van der Waals surface area (Å²) in [4.78, 5) is 15.0. The minimum Gasteiger partial charge on any atom is -0.493 e. The Morgan fingerprint density at radius 3 is 2.29 bits per heavy atom. The molecule has 1 N–H and O–H groups in total. The number of nitrogens with zero attached hydrogens (tertiary/aromatic N) is 1. The van der Waals surface area contributed by atoms with Gasteiger partial charge in [0, 0.05) is 10.9 Å². The van der Waals surface area contributed by atoms with E-state index in [1.54, 1.807) is 31.7 Å². The lowest BCUT2D eigenvalue weighted by Crippen LogP contribution is -2.00. The van der Waals surface area contributed by atoms with E-state index < -0.39 is 5.97 Å². The Morgan fingerprint density at radius 1 is 1.19 bits per heavy atom. The number of rotatable bonds is 6. The monoisotopic (exact) mass is 309 g/mol. The molecule has 2 rings (SSSR count). The number of carbonyl (C=O) groups is 1. The van der Waals surface area contributed by atoms with Crippen LogP contribution >= 0.6 is 11.3 Å². The van der Waals surface area contributed by atoms with Crippen LogP contribution in [0.5, 0.6) is 17.2 Å². The third kappa shape index (κ3) is 3.25. The van der Waals surface area contributed by atoms with E-state index in [1.807, 2.05) is 0 Å². The van der Waals surface area contributed by atoms with E-state index in [4.69, 9.17) is 19.3 Å². The molecule has 0 bridgehead atoms. The van der Waals surface area contributed by atoms with Gasteiger partial charge in [0.25, 0.3) is 0 Å². The third-order valence-electron chi connectivity index (χ3n) is 2.80. The van der Waals surface area contributed by atoms with Gasteiger partial charge in [0.05, 0.1) is 33.4 Å². The first-order valence-electron chi connectivity index (χ1n) is 6.05. The third-order valence-corrected chi connectivity index (χ3v) is 3.74. The Hall–Kier alpha value is -2.28. The summed E-state index contributed by atoms with van der Waals surface area (Å²) in [5, 5.41) is 11.2. The fraction of sp³-hybridized carbons (Fsp3) is 0.286. The first-order valence-corrected chi connectivity index (χ1v) is 6.93. The van der Waals surface area contributed by atoms with Crippen LogP contribution < -0.4 is 14.2 Å².